The maximum atomic E-state index is 12.7. The summed E-state index contributed by atoms with van der Waals surface area (Å²) >= 11 is 0. The van der Waals surface area contributed by atoms with E-state index in [4.69, 9.17) is 0 Å². The van der Waals surface area contributed by atoms with Crippen LogP contribution in [0.4, 0.5) is 13.2 Å². The van der Waals surface area contributed by atoms with Crippen molar-refractivity contribution in [2.75, 3.05) is 6.54 Å². The van der Waals surface area contributed by atoms with Gasteiger partial charge in [0.1, 0.15) is 0 Å². The van der Waals surface area contributed by atoms with E-state index in [2.05, 4.69) is 10.1 Å². The van der Waals surface area contributed by atoms with E-state index in [1.807, 2.05) is 29.9 Å². The number of aromatic nitrogens is 4. The number of nitrogens with one attached hydrogen (secondary N) is 1. The summed E-state index contributed by atoms with van der Waals surface area (Å²) in [5, 5.41) is 4.35. The molecule has 0 aliphatic carbocycles. The molecule has 0 spiro atoms. The zero-order chi connectivity index (χ0) is 16.8. The Labute approximate surface area is 130 Å². The van der Waals surface area contributed by atoms with E-state index < -0.39 is 17.6 Å². The predicted molar refractivity (Wildman–Crippen MR) is 75.6 cm³/mol. The molecule has 9 heteroatoms. The maximum Gasteiger partial charge on any atom is 0.449 e. The smallest absolute Gasteiger partial charge is 0.303 e. The molecule has 0 amide bonds. The third kappa shape index (κ3) is 3.14. The quantitative estimate of drug-likeness (QED) is 0.905. The highest BCUT2D eigenvalue weighted by Crippen LogP contribution is 2.26. The molecule has 0 saturated heterocycles. The van der Waals surface area contributed by atoms with Crippen molar-refractivity contribution in [2.24, 2.45) is 7.05 Å². The molecule has 0 saturated carbocycles. The molecule has 2 aromatic rings. The summed E-state index contributed by atoms with van der Waals surface area (Å²) in [5.74, 6) is -1.23. The van der Waals surface area contributed by atoms with Crippen LogP contribution >= 0.6 is 0 Å². The highest BCUT2D eigenvalue weighted by molar-refractivity contribution is 5.22. The molecule has 1 aliphatic heterocycles. The highest BCUT2D eigenvalue weighted by atomic mass is 19.4. The normalized spacial score (nSPS) is 15.7. The molecule has 3 rings (SSSR count). The van der Waals surface area contributed by atoms with Gasteiger partial charge >= 0.3 is 6.18 Å². The molecule has 3 heterocycles. The minimum Gasteiger partial charge on any atom is -0.303 e. The van der Waals surface area contributed by atoms with Crippen LogP contribution in [0.2, 0.25) is 0 Å². The number of hydrogen-bond acceptors (Lipinski definition) is 4. The topological polar surface area (TPSA) is 66.8 Å². The molecule has 0 radical (unpaired) electrons. The fourth-order valence-electron chi connectivity index (χ4n) is 2.69. The number of H-pyrrole nitrogens is 1. The van der Waals surface area contributed by atoms with E-state index in [0.717, 1.165) is 11.4 Å². The molecule has 6 nitrogen and oxygen atoms in total. The Morgan fingerprint density at radius 1 is 1.39 bits per heavy atom. The van der Waals surface area contributed by atoms with Crippen LogP contribution in [0, 0.1) is 6.92 Å². The second-order valence-electron chi connectivity index (χ2n) is 5.70. The largest absolute Gasteiger partial charge is 0.449 e. The highest BCUT2D eigenvalue weighted by Gasteiger charge is 2.35. The van der Waals surface area contributed by atoms with Gasteiger partial charge in [-0.05, 0) is 13.0 Å². The second-order valence-corrected chi connectivity index (χ2v) is 5.70. The van der Waals surface area contributed by atoms with Crippen molar-refractivity contribution >= 4 is 0 Å². The van der Waals surface area contributed by atoms with Gasteiger partial charge in [-0.2, -0.15) is 18.3 Å². The number of halogens is 3. The number of aromatic amines is 1. The molecule has 1 N–H and O–H groups in total. The van der Waals surface area contributed by atoms with Crippen LogP contribution in [0.25, 0.3) is 0 Å². The number of aryl methyl sites for hydroxylation is 2. The minimum absolute atomic E-state index is 0.231. The fourth-order valence-corrected chi connectivity index (χ4v) is 2.69. The number of rotatable bonds is 2. The lowest BCUT2D eigenvalue weighted by Crippen LogP contribution is -2.36. The molecular weight excluding hydrogens is 311 g/mol. The standard InChI is InChI=1S/C14H16F3N5O/c1-8-5-9(20-21(8)2)6-22-4-3-11-10(7-22)12(23)19-13(18-11)14(15,16)17/h5H,3-4,6-7H2,1-2H3,(H,18,19,23). The van der Waals surface area contributed by atoms with Crippen molar-refractivity contribution < 1.29 is 13.2 Å². The zero-order valence-corrected chi connectivity index (χ0v) is 12.7. The third-order valence-corrected chi connectivity index (χ3v) is 3.97. The van der Waals surface area contributed by atoms with Crippen LogP contribution in [0.5, 0.6) is 0 Å². The van der Waals surface area contributed by atoms with Crippen LogP contribution in [-0.2, 0) is 32.7 Å². The number of alkyl halides is 3. The van der Waals surface area contributed by atoms with Crippen LogP contribution in [0.15, 0.2) is 10.9 Å². The third-order valence-electron chi connectivity index (χ3n) is 3.97. The second kappa shape index (κ2) is 5.48. The number of nitrogens with zero attached hydrogens (tertiary/aromatic N) is 4. The first kappa shape index (κ1) is 15.7. The average Bonchev–Trinajstić information content (AvgIpc) is 2.76. The Kier molecular flexibility index (Phi) is 3.75. The van der Waals surface area contributed by atoms with Crippen molar-refractivity contribution in [2.45, 2.75) is 32.6 Å². The van der Waals surface area contributed by atoms with Gasteiger partial charge in [-0.15, -0.1) is 0 Å². The first-order valence-electron chi connectivity index (χ1n) is 7.15. The van der Waals surface area contributed by atoms with Crippen LogP contribution in [-0.4, -0.2) is 31.2 Å². The van der Waals surface area contributed by atoms with E-state index in [1.54, 1.807) is 4.68 Å². The zero-order valence-electron chi connectivity index (χ0n) is 12.7. The van der Waals surface area contributed by atoms with Crippen molar-refractivity contribution in [1.82, 2.24) is 24.6 Å². The van der Waals surface area contributed by atoms with E-state index in [0.29, 0.717) is 25.1 Å². The molecule has 0 aromatic carbocycles. The molecule has 0 unspecified atom stereocenters. The lowest BCUT2D eigenvalue weighted by Gasteiger charge is -2.27. The Hall–Kier alpha value is -2.16. The van der Waals surface area contributed by atoms with Gasteiger partial charge < -0.3 is 4.98 Å². The molecule has 1 aliphatic rings. The van der Waals surface area contributed by atoms with Crippen molar-refractivity contribution in [3.05, 3.63) is 44.9 Å². The summed E-state index contributed by atoms with van der Waals surface area (Å²) in [6, 6.07) is 1.95. The molecule has 124 valence electrons. The van der Waals surface area contributed by atoms with Crippen LogP contribution < -0.4 is 5.56 Å². The number of hydrogen-bond donors (Lipinski definition) is 1. The minimum atomic E-state index is -4.64. The lowest BCUT2D eigenvalue weighted by molar-refractivity contribution is -0.145. The maximum absolute atomic E-state index is 12.7. The van der Waals surface area contributed by atoms with Gasteiger partial charge in [0.15, 0.2) is 0 Å². The molecule has 0 bridgehead atoms. The summed E-state index contributed by atoms with van der Waals surface area (Å²) in [6.07, 6.45) is -4.33. The van der Waals surface area contributed by atoms with E-state index in [1.165, 1.54) is 0 Å². The summed E-state index contributed by atoms with van der Waals surface area (Å²) in [5.41, 5.74) is 1.70. The Morgan fingerprint density at radius 3 is 2.74 bits per heavy atom. The molecule has 2 aromatic heterocycles. The van der Waals surface area contributed by atoms with Gasteiger partial charge in [-0.1, -0.05) is 0 Å². The summed E-state index contributed by atoms with van der Waals surface area (Å²) in [4.78, 5) is 19.3. The molecule has 23 heavy (non-hydrogen) atoms. The first-order chi connectivity index (χ1) is 10.7. The van der Waals surface area contributed by atoms with Gasteiger partial charge in [-0.25, -0.2) is 4.98 Å². The lowest BCUT2D eigenvalue weighted by atomic mass is 10.1. The summed E-state index contributed by atoms with van der Waals surface area (Å²) in [7, 11) is 1.84. The summed E-state index contributed by atoms with van der Waals surface area (Å²) in [6.45, 7) is 3.29. The molecule has 0 atom stereocenters. The van der Waals surface area contributed by atoms with Gasteiger partial charge in [-0.3, -0.25) is 14.4 Å². The summed E-state index contributed by atoms with van der Waals surface area (Å²) < 4.78 is 39.8. The monoisotopic (exact) mass is 327 g/mol. The first-order valence-corrected chi connectivity index (χ1v) is 7.15. The van der Waals surface area contributed by atoms with Crippen LogP contribution in [0.1, 0.15) is 28.5 Å². The predicted octanol–water partition coefficient (Wildman–Crippen LogP) is 1.39. The Bertz CT molecular complexity index is 773. The SMILES string of the molecule is Cc1cc(CN2CCc3nc(C(F)(F)F)[nH]c(=O)c3C2)nn1C. The van der Waals surface area contributed by atoms with E-state index in [9.17, 15) is 18.0 Å². The van der Waals surface area contributed by atoms with E-state index in [-0.39, 0.29) is 12.2 Å². The number of fused-ring (bicyclic) bond motifs is 1. The van der Waals surface area contributed by atoms with Crippen molar-refractivity contribution in [3.8, 4) is 0 Å². The Balaban J connectivity index is 1.82. The molecular formula is C14H16F3N5O. The van der Waals surface area contributed by atoms with Gasteiger partial charge in [0.05, 0.1) is 17.0 Å². The van der Waals surface area contributed by atoms with Crippen LogP contribution in [0.3, 0.4) is 0 Å². The van der Waals surface area contributed by atoms with Gasteiger partial charge in [0.2, 0.25) is 5.82 Å². The van der Waals surface area contributed by atoms with Crippen molar-refractivity contribution in [1.29, 1.82) is 0 Å². The average molecular weight is 327 g/mol. The van der Waals surface area contributed by atoms with Crippen molar-refractivity contribution in [3.63, 3.8) is 0 Å². The Morgan fingerprint density at radius 2 is 2.13 bits per heavy atom. The molecule has 0 fully saturated rings. The van der Waals surface area contributed by atoms with Gasteiger partial charge in [0.25, 0.3) is 5.56 Å². The fraction of sp³-hybridized carbons (Fsp3) is 0.500. The van der Waals surface area contributed by atoms with Gasteiger partial charge in [0, 0.05) is 38.8 Å². The van der Waals surface area contributed by atoms with E-state index >= 15 is 0 Å².